The van der Waals surface area contributed by atoms with Crippen LogP contribution in [0.25, 0.3) is 0 Å². The highest BCUT2D eigenvalue weighted by Gasteiger charge is 2.35. The molecule has 1 amide bonds. The number of fused-ring (bicyclic) bond motifs is 1. The fraction of sp³-hybridized carbons (Fsp3) is 0.462. The summed E-state index contributed by atoms with van der Waals surface area (Å²) in [7, 11) is 1.65. The Labute approximate surface area is 195 Å². The van der Waals surface area contributed by atoms with Crippen LogP contribution in [0.5, 0.6) is 5.75 Å². The molecule has 1 unspecified atom stereocenters. The Bertz CT molecular complexity index is 1070. The summed E-state index contributed by atoms with van der Waals surface area (Å²) in [4.78, 5) is 27.6. The number of hydrogen-bond acceptors (Lipinski definition) is 6. The van der Waals surface area contributed by atoms with Crippen LogP contribution in [-0.4, -0.2) is 49.3 Å². The standard InChI is InChI=1S/C26H32N2O5/c1-16-12-19(31-5)8-6-17(16)13-21-20(9-7-18-15-32-24(29)23(18)21)22-14-27-10-11-28(22)25(30)33-26(2,3)4/h6-9,12,22,27H,10-11,13-15H2,1-5H3. The molecule has 4 rings (SSSR count). The maximum atomic E-state index is 13.1. The summed E-state index contributed by atoms with van der Waals surface area (Å²) in [5.41, 5.74) is 4.95. The molecule has 1 fully saturated rings. The fourth-order valence-electron chi connectivity index (χ4n) is 4.51. The van der Waals surface area contributed by atoms with E-state index < -0.39 is 5.60 Å². The van der Waals surface area contributed by atoms with E-state index in [0.717, 1.165) is 33.6 Å². The van der Waals surface area contributed by atoms with Gasteiger partial charge in [0.2, 0.25) is 0 Å². The van der Waals surface area contributed by atoms with Crippen molar-refractivity contribution in [3.8, 4) is 5.75 Å². The SMILES string of the molecule is COc1ccc(Cc2c(C3CNCCN3C(=O)OC(C)(C)C)ccc3c2C(=O)OC3)c(C)c1. The number of carbonyl (C=O) groups is 2. The highest BCUT2D eigenvalue weighted by Crippen LogP contribution is 2.35. The second-order valence-corrected chi connectivity index (χ2v) is 9.61. The van der Waals surface area contributed by atoms with Gasteiger partial charge in [0.15, 0.2) is 0 Å². The van der Waals surface area contributed by atoms with Crippen molar-refractivity contribution in [3.63, 3.8) is 0 Å². The van der Waals surface area contributed by atoms with Crippen molar-refractivity contribution >= 4 is 12.1 Å². The molecule has 0 aromatic heterocycles. The van der Waals surface area contributed by atoms with Gasteiger partial charge in [-0.25, -0.2) is 9.59 Å². The van der Waals surface area contributed by atoms with E-state index in [0.29, 0.717) is 31.6 Å². The first-order chi connectivity index (χ1) is 15.7. The molecule has 1 atom stereocenters. The number of rotatable bonds is 4. The molecular weight excluding hydrogens is 420 g/mol. The molecule has 33 heavy (non-hydrogen) atoms. The predicted octanol–water partition coefficient (Wildman–Crippen LogP) is 4.15. The molecule has 2 aromatic rings. The summed E-state index contributed by atoms with van der Waals surface area (Å²) in [6.45, 7) is 9.72. The van der Waals surface area contributed by atoms with Crippen LogP contribution in [-0.2, 0) is 22.5 Å². The number of carbonyl (C=O) groups excluding carboxylic acids is 2. The summed E-state index contributed by atoms with van der Waals surface area (Å²) >= 11 is 0. The minimum atomic E-state index is -0.586. The van der Waals surface area contributed by atoms with Crippen molar-refractivity contribution in [1.82, 2.24) is 10.2 Å². The molecule has 7 heteroatoms. The molecule has 2 heterocycles. The number of benzene rings is 2. The average molecular weight is 453 g/mol. The first-order valence-electron chi connectivity index (χ1n) is 11.3. The Kier molecular flexibility index (Phi) is 6.34. The number of methoxy groups -OCH3 is 1. The lowest BCUT2D eigenvalue weighted by Crippen LogP contribution is -2.50. The molecule has 1 saturated heterocycles. The monoisotopic (exact) mass is 452 g/mol. The van der Waals surface area contributed by atoms with Crippen LogP contribution in [0.4, 0.5) is 4.79 Å². The Balaban J connectivity index is 1.77. The topological polar surface area (TPSA) is 77.1 Å². The smallest absolute Gasteiger partial charge is 0.410 e. The van der Waals surface area contributed by atoms with Crippen LogP contribution in [0.15, 0.2) is 30.3 Å². The van der Waals surface area contributed by atoms with Gasteiger partial charge in [0.1, 0.15) is 18.0 Å². The molecular formula is C26H32N2O5. The number of esters is 1. The fourth-order valence-corrected chi connectivity index (χ4v) is 4.51. The van der Waals surface area contributed by atoms with Crippen molar-refractivity contribution < 1.29 is 23.8 Å². The van der Waals surface area contributed by atoms with Gasteiger partial charge in [-0.2, -0.15) is 0 Å². The van der Waals surface area contributed by atoms with Gasteiger partial charge < -0.3 is 19.5 Å². The zero-order valence-corrected chi connectivity index (χ0v) is 20.0. The average Bonchev–Trinajstić information content (AvgIpc) is 3.15. The van der Waals surface area contributed by atoms with Gasteiger partial charge in [-0.05, 0) is 68.5 Å². The van der Waals surface area contributed by atoms with Crippen LogP contribution in [0.3, 0.4) is 0 Å². The molecule has 0 radical (unpaired) electrons. The van der Waals surface area contributed by atoms with E-state index in [1.165, 1.54) is 0 Å². The van der Waals surface area contributed by atoms with Gasteiger partial charge in [0, 0.05) is 25.2 Å². The minimum Gasteiger partial charge on any atom is -0.497 e. The van der Waals surface area contributed by atoms with E-state index in [4.69, 9.17) is 14.2 Å². The van der Waals surface area contributed by atoms with Crippen molar-refractivity contribution in [1.29, 1.82) is 0 Å². The maximum absolute atomic E-state index is 13.1. The number of aryl methyl sites for hydroxylation is 1. The molecule has 0 spiro atoms. The van der Waals surface area contributed by atoms with Gasteiger partial charge in [0.25, 0.3) is 0 Å². The summed E-state index contributed by atoms with van der Waals surface area (Å²) in [6, 6.07) is 9.68. The predicted molar refractivity (Wildman–Crippen MR) is 125 cm³/mol. The van der Waals surface area contributed by atoms with E-state index in [9.17, 15) is 9.59 Å². The van der Waals surface area contributed by atoms with Gasteiger partial charge in [-0.1, -0.05) is 18.2 Å². The number of ether oxygens (including phenoxy) is 3. The highest BCUT2D eigenvalue weighted by molar-refractivity contribution is 5.95. The number of hydrogen-bond donors (Lipinski definition) is 1. The van der Waals surface area contributed by atoms with Crippen molar-refractivity contribution in [3.05, 3.63) is 63.7 Å². The lowest BCUT2D eigenvalue weighted by Gasteiger charge is -2.38. The summed E-state index contributed by atoms with van der Waals surface area (Å²) in [6.07, 6.45) is 0.214. The largest absolute Gasteiger partial charge is 0.497 e. The first-order valence-corrected chi connectivity index (χ1v) is 11.3. The van der Waals surface area contributed by atoms with E-state index in [1.807, 2.05) is 58.0 Å². The maximum Gasteiger partial charge on any atom is 0.410 e. The van der Waals surface area contributed by atoms with E-state index in [2.05, 4.69) is 5.32 Å². The Hall–Kier alpha value is -3.06. The molecule has 2 aliphatic rings. The van der Waals surface area contributed by atoms with Gasteiger partial charge in [0.05, 0.1) is 18.7 Å². The van der Waals surface area contributed by atoms with Gasteiger partial charge in [-0.15, -0.1) is 0 Å². The van der Waals surface area contributed by atoms with Crippen molar-refractivity contribution in [2.24, 2.45) is 0 Å². The Morgan fingerprint density at radius 2 is 2.03 bits per heavy atom. The van der Waals surface area contributed by atoms with Gasteiger partial charge in [-0.3, -0.25) is 4.90 Å². The van der Waals surface area contributed by atoms with E-state index in [1.54, 1.807) is 12.0 Å². The number of cyclic esters (lactones) is 1. The van der Waals surface area contributed by atoms with Crippen LogP contribution in [0.1, 0.15) is 65.0 Å². The van der Waals surface area contributed by atoms with Crippen molar-refractivity contribution in [2.75, 3.05) is 26.7 Å². The molecule has 7 nitrogen and oxygen atoms in total. The number of amides is 1. The van der Waals surface area contributed by atoms with Crippen LogP contribution < -0.4 is 10.1 Å². The summed E-state index contributed by atoms with van der Waals surface area (Å²) < 4.78 is 16.4. The number of nitrogens with zero attached hydrogens (tertiary/aromatic N) is 1. The third kappa shape index (κ3) is 4.83. The second kappa shape index (κ2) is 9.06. The molecule has 176 valence electrons. The third-order valence-corrected chi connectivity index (χ3v) is 6.15. The lowest BCUT2D eigenvalue weighted by molar-refractivity contribution is 0.0117. The zero-order valence-electron chi connectivity index (χ0n) is 20.0. The third-order valence-electron chi connectivity index (χ3n) is 6.15. The quantitative estimate of drug-likeness (QED) is 0.703. The van der Waals surface area contributed by atoms with Crippen LogP contribution in [0.2, 0.25) is 0 Å². The summed E-state index contributed by atoms with van der Waals surface area (Å²) in [5.74, 6) is 0.488. The molecule has 2 aromatic carbocycles. The van der Waals surface area contributed by atoms with Gasteiger partial charge >= 0.3 is 12.1 Å². The summed E-state index contributed by atoms with van der Waals surface area (Å²) in [5, 5.41) is 3.40. The molecule has 2 aliphatic heterocycles. The molecule has 0 aliphatic carbocycles. The Morgan fingerprint density at radius 3 is 2.73 bits per heavy atom. The normalized spacial score (nSPS) is 18.0. The van der Waals surface area contributed by atoms with E-state index >= 15 is 0 Å². The number of nitrogens with one attached hydrogen (secondary N) is 1. The number of piperazine rings is 1. The molecule has 1 N–H and O–H groups in total. The molecule has 0 saturated carbocycles. The van der Waals surface area contributed by atoms with Crippen LogP contribution >= 0.6 is 0 Å². The lowest BCUT2D eigenvalue weighted by atomic mass is 9.87. The minimum absolute atomic E-state index is 0.249. The van der Waals surface area contributed by atoms with Crippen molar-refractivity contribution in [2.45, 2.75) is 52.4 Å². The highest BCUT2D eigenvalue weighted by atomic mass is 16.6. The first kappa shape index (κ1) is 23.1. The Morgan fingerprint density at radius 1 is 1.24 bits per heavy atom. The van der Waals surface area contributed by atoms with E-state index in [-0.39, 0.29) is 24.7 Å². The van der Waals surface area contributed by atoms with Crippen LogP contribution in [0, 0.1) is 6.92 Å². The molecule has 0 bridgehead atoms. The second-order valence-electron chi connectivity index (χ2n) is 9.61. The zero-order chi connectivity index (χ0) is 23.8.